The summed E-state index contributed by atoms with van der Waals surface area (Å²) in [6.45, 7) is 2.15. The van der Waals surface area contributed by atoms with E-state index in [4.69, 9.17) is 4.74 Å². The molecule has 0 aliphatic rings. The van der Waals surface area contributed by atoms with Gasteiger partial charge in [0.1, 0.15) is 0 Å². The van der Waals surface area contributed by atoms with E-state index >= 15 is 0 Å². The van der Waals surface area contributed by atoms with Gasteiger partial charge >= 0.3 is 5.69 Å². The Morgan fingerprint density at radius 1 is 1.47 bits per heavy atom. The summed E-state index contributed by atoms with van der Waals surface area (Å²) >= 11 is 0. The first-order valence-electron chi connectivity index (χ1n) is 5.77. The van der Waals surface area contributed by atoms with E-state index in [9.17, 15) is 10.1 Å². The largest absolute Gasteiger partial charge is 0.487 e. The standard InChI is InChI=1S/C12H14N4O3/c1-3-19-12-6-9(4-5-11(12)16(17)18)14-10-7-13-15(2)8-10/h4-8,14H,3H2,1-2H3. The normalized spacial score (nSPS) is 10.2. The Balaban J connectivity index is 2.27. The topological polar surface area (TPSA) is 82.2 Å². The lowest BCUT2D eigenvalue weighted by Crippen LogP contribution is -1.98. The van der Waals surface area contributed by atoms with E-state index in [1.165, 1.54) is 6.07 Å². The lowest BCUT2D eigenvalue weighted by molar-refractivity contribution is -0.385. The molecule has 0 radical (unpaired) electrons. The highest BCUT2D eigenvalue weighted by Crippen LogP contribution is 2.31. The first kappa shape index (κ1) is 12.9. The first-order valence-corrected chi connectivity index (χ1v) is 5.77. The van der Waals surface area contributed by atoms with Crippen molar-refractivity contribution in [3.05, 3.63) is 40.7 Å². The molecule has 19 heavy (non-hydrogen) atoms. The molecular weight excluding hydrogens is 248 g/mol. The van der Waals surface area contributed by atoms with Crippen LogP contribution in [0, 0.1) is 10.1 Å². The van der Waals surface area contributed by atoms with Gasteiger partial charge in [0, 0.05) is 31.1 Å². The smallest absolute Gasteiger partial charge is 0.311 e. The SMILES string of the molecule is CCOc1cc(Nc2cnn(C)c2)ccc1[N+](=O)[O-]. The molecule has 0 saturated heterocycles. The number of hydrogen-bond acceptors (Lipinski definition) is 5. The average Bonchev–Trinajstić information content (AvgIpc) is 2.75. The summed E-state index contributed by atoms with van der Waals surface area (Å²) in [4.78, 5) is 10.4. The van der Waals surface area contributed by atoms with Crippen molar-refractivity contribution in [3.8, 4) is 5.75 Å². The van der Waals surface area contributed by atoms with Crippen LogP contribution in [0.3, 0.4) is 0 Å². The van der Waals surface area contributed by atoms with Crippen molar-refractivity contribution in [3.63, 3.8) is 0 Å². The van der Waals surface area contributed by atoms with Gasteiger partial charge in [-0.25, -0.2) is 0 Å². The van der Waals surface area contributed by atoms with E-state index in [2.05, 4.69) is 10.4 Å². The number of aryl methyl sites for hydroxylation is 1. The fraction of sp³-hybridized carbons (Fsp3) is 0.250. The molecule has 1 aromatic carbocycles. The molecule has 2 rings (SSSR count). The molecule has 1 aromatic heterocycles. The van der Waals surface area contributed by atoms with Gasteiger partial charge in [-0.1, -0.05) is 0 Å². The van der Waals surface area contributed by atoms with Crippen LogP contribution in [-0.4, -0.2) is 21.3 Å². The maximum Gasteiger partial charge on any atom is 0.311 e. The Kier molecular flexibility index (Phi) is 3.65. The van der Waals surface area contributed by atoms with Crippen LogP contribution in [0.5, 0.6) is 5.75 Å². The van der Waals surface area contributed by atoms with Gasteiger partial charge < -0.3 is 10.1 Å². The van der Waals surface area contributed by atoms with Crippen LogP contribution >= 0.6 is 0 Å². The van der Waals surface area contributed by atoms with Crippen LogP contribution in [0.15, 0.2) is 30.6 Å². The maximum absolute atomic E-state index is 10.9. The van der Waals surface area contributed by atoms with Gasteiger partial charge in [0.05, 0.1) is 23.4 Å². The number of nitro groups is 1. The number of hydrogen-bond donors (Lipinski definition) is 1. The molecule has 0 fully saturated rings. The molecule has 0 saturated carbocycles. The van der Waals surface area contributed by atoms with Gasteiger partial charge in [-0.15, -0.1) is 0 Å². The number of anilines is 2. The Bertz CT molecular complexity index is 594. The number of nitro benzene ring substituents is 1. The lowest BCUT2D eigenvalue weighted by atomic mass is 10.2. The average molecular weight is 262 g/mol. The van der Waals surface area contributed by atoms with E-state index in [0.717, 1.165) is 5.69 Å². The fourth-order valence-electron chi connectivity index (χ4n) is 1.67. The monoisotopic (exact) mass is 262 g/mol. The van der Waals surface area contributed by atoms with E-state index in [1.807, 2.05) is 13.2 Å². The van der Waals surface area contributed by atoms with Crippen molar-refractivity contribution in [2.45, 2.75) is 6.92 Å². The quantitative estimate of drug-likeness (QED) is 0.661. The summed E-state index contributed by atoms with van der Waals surface area (Å²) in [5, 5.41) is 18.0. The van der Waals surface area contributed by atoms with Crippen molar-refractivity contribution in [1.29, 1.82) is 0 Å². The molecule has 0 aliphatic carbocycles. The van der Waals surface area contributed by atoms with Gasteiger partial charge in [0.2, 0.25) is 0 Å². The first-order chi connectivity index (χ1) is 9.10. The van der Waals surface area contributed by atoms with Gasteiger partial charge in [-0.2, -0.15) is 5.10 Å². The van der Waals surface area contributed by atoms with Crippen molar-refractivity contribution in [2.75, 3.05) is 11.9 Å². The predicted molar refractivity (Wildman–Crippen MR) is 70.8 cm³/mol. The minimum atomic E-state index is -0.459. The summed E-state index contributed by atoms with van der Waals surface area (Å²) in [7, 11) is 1.81. The second-order valence-electron chi connectivity index (χ2n) is 3.90. The zero-order valence-corrected chi connectivity index (χ0v) is 10.7. The molecule has 0 atom stereocenters. The molecular formula is C12H14N4O3. The highest BCUT2D eigenvalue weighted by atomic mass is 16.6. The summed E-state index contributed by atoms with van der Waals surface area (Å²) < 4.78 is 6.94. The van der Waals surface area contributed by atoms with Gasteiger partial charge in [0.15, 0.2) is 5.75 Å². The van der Waals surface area contributed by atoms with Crippen LogP contribution in [0.4, 0.5) is 17.1 Å². The molecule has 1 N–H and O–H groups in total. The van der Waals surface area contributed by atoms with E-state index in [-0.39, 0.29) is 11.4 Å². The van der Waals surface area contributed by atoms with Crippen LogP contribution in [-0.2, 0) is 7.05 Å². The number of nitrogens with one attached hydrogen (secondary N) is 1. The molecule has 7 nitrogen and oxygen atoms in total. The van der Waals surface area contributed by atoms with E-state index < -0.39 is 4.92 Å². The number of benzene rings is 1. The number of aromatic nitrogens is 2. The predicted octanol–water partition coefficient (Wildman–Crippen LogP) is 2.47. The number of ether oxygens (including phenoxy) is 1. The number of rotatable bonds is 5. The second kappa shape index (κ2) is 5.38. The van der Waals surface area contributed by atoms with Crippen LogP contribution in [0.2, 0.25) is 0 Å². The molecule has 0 amide bonds. The molecule has 0 bridgehead atoms. The van der Waals surface area contributed by atoms with Crippen molar-refractivity contribution in [1.82, 2.24) is 9.78 Å². The lowest BCUT2D eigenvalue weighted by Gasteiger charge is -2.08. The minimum Gasteiger partial charge on any atom is -0.487 e. The molecule has 1 heterocycles. The van der Waals surface area contributed by atoms with E-state index in [0.29, 0.717) is 12.3 Å². The van der Waals surface area contributed by atoms with E-state index in [1.54, 1.807) is 29.9 Å². The highest BCUT2D eigenvalue weighted by molar-refractivity contribution is 5.64. The van der Waals surface area contributed by atoms with Crippen LogP contribution in [0.25, 0.3) is 0 Å². The maximum atomic E-state index is 10.9. The minimum absolute atomic E-state index is 0.0430. The number of nitrogens with zero attached hydrogens (tertiary/aromatic N) is 3. The zero-order chi connectivity index (χ0) is 13.8. The molecule has 0 aliphatic heterocycles. The molecule has 100 valence electrons. The third-order valence-corrected chi connectivity index (χ3v) is 2.45. The Morgan fingerprint density at radius 3 is 2.84 bits per heavy atom. The highest BCUT2D eigenvalue weighted by Gasteiger charge is 2.15. The summed E-state index contributed by atoms with van der Waals surface area (Å²) in [6, 6.07) is 4.66. The van der Waals surface area contributed by atoms with Gasteiger partial charge in [-0.3, -0.25) is 14.8 Å². The Hall–Kier alpha value is -2.57. The summed E-state index contributed by atoms with van der Waals surface area (Å²) in [5.41, 5.74) is 1.47. The van der Waals surface area contributed by atoms with Crippen LogP contribution < -0.4 is 10.1 Å². The molecule has 0 spiro atoms. The zero-order valence-electron chi connectivity index (χ0n) is 10.7. The molecule has 0 unspecified atom stereocenters. The Labute approximate surface area is 110 Å². The summed E-state index contributed by atoms with van der Waals surface area (Å²) in [6.07, 6.45) is 3.48. The van der Waals surface area contributed by atoms with Crippen molar-refractivity contribution >= 4 is 17.1 Å². The van der Waals surface area contributed by atoms with Crippen molar-refractivity contribution in [2.24, 2.45) is 7.05 Å². The third-order valence-electron chi connectivity index (χ3n) is 2.45. The summed E-state index contributed by atoms with van der Waals surface area (Å²) in [5.74, 6) is 0.251. The second-order valence-corrected chi connectivity index (χ2v) is 3.90. The Morgan fingerprint density at radius 2 is 2.26 bits per heavy atom. The van der Waals surface area contributed by atoms with Gasteiger partial charge in [0.25, 0.3) is 0 Å². The van der Waals surface area contributed by atoms with Gasteiger partial charge in [-0.05, 0) is 13.0 Å². The molecule has 2 aromatic rings. The third kappa shape index (κ3) is 3.01. The van der Waals surface area contributed by atoms with Crippen LogP contribution in [0.1, 0.15) is 6.92 Å². The molecule has 7 heteroatoms. The fourth-order valence-corrected chi connectivity index (χ4v) is 1.67. The van der Waals surface area contributed by atoms with Crippen molar-refractivity contribution < 1.29 is 9.66 Å².